The molecule has 1 saturated carbocycles. The molecule has 0 aromatic carbocycles. The first-order valence-corrected chi connectivity index (χ1v) is 8.07. The molecule has 1 aromatic rings. The van der Waals surface area contributed by atoms with Crippen LogP contribution in [0.1, 0.15) is 43.2 Å². The topological polar surface area (TPSA) is 114 Å². The lowest BCUT2D eigenvalue weighted by Gasteiger charge is -2.28. The van der Waals surface area contributed by atoms with Gasteiger partial charge in [0.1, 0.15) is 11.5 Å². The summed E-state index contributed by atoms with van der Waals surface area (Å²) in [6.45, 7) is 0.778. The summed E-state index contributed by atoms with van der Waals surface area (Å²) in [4.78, 5) is 20.3. The fourth-order valence-electron chi connectivity index (χ4n) is 3.79. The number of hydrogen-bond donors (Lipinski definition) is 2. The number of carbonyl (C=O) groups excluding carboxylic acids is 1. The van der Waals surface area contributed by atoms with Crippen molar-refractivity contribution in [1.29, 1.82) is 0 Å². The number of aromatic nitrogens is 1. The number of nitrogens with zero attached hydrogens (tertiary/aromatic N) is 4. The third-order valence-electron chi connectivity index (χ3n) is 5.27. The quantitative estimate of drug-likeness (QED) is 0.623. The van der Waals surface area contributed by atoms with E-state index >= 15 is 0 Å². The van der Waals surface area contributed by atoms with Crippen molar-refractivity contribution in [2.45, 2.75) is 49.7 Å². The molecule has 1 aromatic heterocycles. The van der Waals surface area contributed by atoms with Gasteiger partial charge in [0, 0.05) is 26.1 Å². The van der Waals surface area contributed by atoms with E-state index in [2.05, 4.69) is 10.1 Å². The Hall–Kier alpha value is -2.25. The molecule has 8 heteroatoms. The summed E-state index contributed by atoms with van der Waals surface area (Å²) in [5.41, 5.74) is 11.6. The van der Waals surface area contributed by atoms with Crippen LogP contribution >= 0.6 is 0 Å². The number of aliphatic imine (C=N–C) groups is 1. The Balaban J connectivity index is 1.50. The van der Waals surface area contributed by atoms with Crippen molar-refractivity contribution >= 4 is 12.0 Å². The molecule has 3 fully saturated rings. The van der Waals surface area contributed by atoms with E-state index in [1.54, 1.807) is 0 Å². The number of amides is 2. The first-order valence-electron chi connectivity index (χ1n) is 8.07. The highest BCUT2D eigenvalue weighted by Gasteiger charge is 2.46. The number of fused-ring (bicyclic) bond motifs is 2. The van der Waals surface area contributed by atoms with Crippen LogP contribution in [-0.4, -0.2) is 52.1 Å². The van der Waals surface area contributed by atoms with Crippen LogP contribution in [0, 0.1) is 0 Å². The molecule has 3 heterocycles. The van der Waals surface area contributed by atoms with E-state index < -0.39 is 0 Å². The van der Waals surface area contributed by atoms with Crippen molar-refractivity contribution in [3.05, 3.63) is 17.5 Å². The average Bonchev–Trinajstić information content (AvgIpc) is 3.02. The van der Waals surface area contributed by atoms with Gasteiger partial charge in [-0.3, -0.25) is 0 Å². The van der Waals surface area contributed by atoms with Crippen LogP contribution in [0.4, 0.5) is 4.79 Å². The Morgan fingerprint density at radius 1 is 1.48 bits per heavy atom. The van der Waals surface area contributed by atoms with E-state index in [4.69, 9.17) is 16.0 Å². The first-order chi connectivity index (χ1) is 11.0. The van der Waals surface area contributed by atoms with Crippen LogP contribution < -0.4 is 11.5 Å². The molecular formula is C15H22N6O2. The molecule has 0 spiro atoms. The molecule has 4 rings (SSSR count). The Morgan fingerprint density at radius 3 is 2.96 bits per heavy atom. The van der Waals surface area contributed by atoms with Crippen molar-refractivity contribution in [3.8, 4) is 0 Å². The Labute approximate surface area is 134 Å². The van der Waals surface area contributed by atoms with Crippen molar-refractivity contribution in [1.82, 2.24) is 15.0 Å². The SMILES string of the molecule is CN1C(=O)N2C[C@H]1CC[C@H]2c1cc(CC2(N=C(N)N)CC2)on1. The van der Waals surface area contributed by atoms with Crippen LogP contribution in [0.5, 0.6) is 0 Å². The molecule has 2 bridgehead atoms. The lowest BCUT2D eigenvalue weighted by molar-refractivity contribution is 0.177. The highest BCUT2D eigenvalue weighted by atomic mass is 16.5. The van der Waals surface area contributed by atoms with Crippen LogP contribution in [0.2, 0.25) is 0 Å². The Bertz CT molecular complexity index is 661. The highest BCUT2D eigenvalue weighted by Crippen LogP contribution is 2.43. The summed E-state index contributed by atoms with van der Waals surface area (Å²) >= 11 is 0. The number of nitrogens with two attached hydrogens (primary N) is 2. The smallest absolute Gasteiger partial charge is 0.320 e. The van der Waals surface area contributed by atoms with Gasteiger partial charge in [0.2, 0.25) is 0 Å². The van der Waals surface area contributed by atoms with Gasteiger partial charge in [-0.15, -0.1) is 0 Å². The first kappa shape index (κ1) is 14.3. The summed E-state index contributed by atoms with van der Waals surface area (Å²) in [7, 11) is 1.87. The van der Waals surface area contributed by atoms with Crippen molar-refractivity contribution in [2.24, 2.45) is 16.5 Å². The van der Waals surface area contributed by atoms with E-state index in [0.717, 1.165) is 43.7 Å². The average molecular weight is 318 g/mol. The molecule has 4 N–H and O–H groups in total. The van der Waals surface area contributed by atoms with Crippen LogP contribution in [0.15, 0.2) is 15.6 Å². The Kier molecular flexibility index (Phi) is 3.04. The monoisotopic (exact) mass is 318 g/mol. The van der Waals surface area contributed by atoms with Crippen molar-refractivity contribution in [2.75, 3.05) is 13.6 Å². The summed E-state index contributed by atoms with van der Waals surface area (Å²) in [5.74, 6) is 0.899. The van der Waals surface area contributed by atoms with Gasteiger partial charge < -0.3 is 25.8 Å². The van der Waals surface area contributed by atoms with Gasteiger partial charge in [0.15, 0.2) is 5.96 Å². The molecule has 3 aliphatic rings. The Morgan fingerprint density at radius 2 is 2.26 bits per heavy atom. The third kappa shape index (κ3) is 2.42. The molecule has 1 aliphatic carbocycles. The number of urea groups is 1. The number of guanidine groups is 1. The van der Waals surface area contributed by atoms with Crippen molar-refractivity contribution < 1.29 is 9.32 Å². The number of carbonyl (C=O) groups is 1. The maximum atomic E-state index is 12.3. The maximum Gasteiger partial charge on any atom is 0.320 e. The molecule has 2 atom stereocenters. The second kappa shape index (κ2) is 4.87. The molecule has 2 saturated heterocycles. The zero-order chi connectivity index (χ0) is 16.2. The summed E-state index contributed by atoms with van der Waals surface area (Å²) in [5, 5.41) is 4.21. The van der Waals surface area contributed by atoms with Gasteiger partial charge in [0.05, 0.1) is 17.6 Å². The van der Waals surface area contributed by atoms with E-state index in [1.807, 2.05) is 22.9 Å². The predicted octanol–water partition coefficient (Wildman–Crippen LogP) is 0.594. The van der Waals surface area contributed by atoms with E-state index in [0.29, 0.717) is 12.5 Å². The van der Waals surface area contributed by atoms with Crippen LogP contribution in [-0.2, 0) is 6.42 Å². The predicted molar refractivity (Wildman–Crippen MR) is 83.6 cm³/mol. The van der Waals surface area contributed by atoms with Gasteiger partial charge in [0.25, 0.3) is 0 Å². The number of likely N-dealkylation sites (N-methyl/N-ethyl adjacent to an activating group) is 1. The second-order valence-electron chi connectivity index (χ2n) is 6.95. The molecule has 2 aliphatic heterocycles. The summed E-state index contributed by atoms with van der Waals surface area (Å²) in [6.07, 6.45) is 4.50. The summed E-state index contributed by atoms with van der Waals surface area (Å²) < 4.78 is 5.49. The minimum absolute atomic E-state index is 0.0134. The van der Waals surface area contributed by atoms with Crippen LogP contribution in [0.25, 0.3) is 0 Å². The van der Waals surface area contributed by atoms with Gasteiger partial charge in [-0.2, -0.15) is 0 Å². The van der Waals surface area contributed by atoms with E-state index in [1.165, 1.54) is 0 Å². The zero-order valence-electron chi connectivity index (χ0n) is 13.2. The number of rotatable bonds is 4. The molecule has 0 unspecified atom stereocenters. The van der Waals surface area contributed by atoms with E-state index in [-0.39, 0.29) is 23.6 Å². The van der Waals surface area contributed by atoms with Gasteiger partial charge >= 0.3 is 6.03 Å². The third-order valence-corrected chi connectivity index (χ3v) is 5.27. The maximum absolute atomic E-state index is 12.3. The van der Waals surface area contributed by atoms with Crippen molar-refractivity contribution in [3.63, 3.8) is 0 Å². The molecule has 2 amide bonds. The molecule has 124 valence electrons. The minimum atomic E-state index is -0.211. The molecular weight excluding hydrogens is 296 g/mol. The zero-order valence-corrected chi connectivity index (χ0v) is 13.2. The lowest BCUT2D eigenvalue weighted by atomic mass is 9.98. The number of piperidine rings is 1. The van der Waals surface area contributed by atoms with Gasteiger partial charge in [-0.05, 0) is 25.7 Å². The minimum Gasteiger partial charge on any atom is -0.370 e. The van der Waals surface area contributed by atoms with Crippen LogP contribution in [0.3, 0.4) is 0 Å². The largest absolute Gasteiger partial charge is 0.370 e. The fourth-order valence-corrected chi connectivity index (χ4v) is 3.79. The van der Waals surface area contributed by atoms with Gasteiger partial charge in [-0.1, -0.05) is 5.16 Å². The molecule has 23 heavy (non-hydrogen) atoms. The second-order valence-corrected chi connectivity index (χ2v) is 6.95. The fraction of sp³-hybridized carbons (Fsp3) is 0.667. The molecule has 0 radical (unpaired) electrons. The lowest BCUT2D eigenvalue weighted by Crippen LogP contribution is -2.34. The normalized spacial score (nSPS) is 28.1. The van der Waals surface area contributed by atoms with E-state index in [9.17, 15) is 4.79 Å². The standard InChI is InChI=1S/C15H22N6O2/c1-20-9-2-3-12(21(8-9)14(20)22)11-6-10(23-19-11)7-15(4-5-15)18-13(16)17/h6,9,12H,2-5,7-8H2,1H3,(H4,16,17,18)/t9-,12+/m1/s1. The van der Waals surface area contributed by atoms with Gasteiger partial charge in [-0.25, -0.2) is 9.79 Å². The molecule has 8 nitrogen and oxygen atoms in total. The number of hydrogen-bond acceptors (Lipinski definition) is 4. The summed E-state index contributed by atoms with van der Waals surface area (Å²) in [6, 6.07) is 2.39. The highest BCUT2D eigenvalue weighted by molar-refractivity contribution is 5.78.